The molecule has 1 saturated carbocycles. The molecule has 1 spiro atoms. The van der Waals surface area contributed by atoms with Gasteiger partial charge in [-0.25, -0.2) is 13.1 Å². The standard InChI is InChI=1S/C39H52ClN3O6S/c1-4-5-16-39(45,17-7-18-42-19-21-48-22-20-42)34-12-9-31(34)25-43-26-38(15-6-8-29-23-32(40)11-13-33(29)38)27-49-36-14-10-30(24-35(36)43)37(44)41-50(46,47)28(2)3/h10-11,13-14,23-24,28,31,34,45H,4-6,8-9,12,15-16,18-22,25-27H2,1-3H3,(H,41,44)/t31-,34+,38-,39-/m0/s1. The number of carbonyl (C=O) groups is 1. The summed E-state index contributed by atoms with van der Waals surface area (Å²) in [5.74, 6) is 6.89. The number of hydrogen-bond acceptors (Lipinski definition) is 8. The molecule has 2 aliphatic heterocycles. The molecule has 0 unspecified atom stereocenters. The number of benzene rings is 2. The second-order valence-corrected chi connectivity index (χ2v) is 17.6. The topological polar surface area (TPSA) is 108 Å². The van der Waals surface area contributed by atoms with Gasteiger partial charge in [-0.15, -0.1) is 0 Å². The molecular formula is C39H52ClN3O6S. The fourth-order valence-electron chi connectivity index (χ4n) is 8.11. The highest BCUT2D eigenvalue weighted by Crippen LogP contribution is 2.48. The first-order valence-electron chi connectivity index (χ1n) is 18.3. The van der Waals surface area contributed by atoms with Crippen molar-refractivity contribution < 1.29 is 27.8 Å². The maximum Gasteiger partial charge on any atom is 0.264 e. The molecule has 0 bridgehead atoms. The van der Waals surface area contributed by atoms with Crippen molar-refractivity contribution in [3.8, 4) is 17.6 Å². The van der Waals surface area contributed by atoms with Gasteiger partial charge in [0.25, 0.3) is 5.91 Å². The lowest BCUT2D eigenvalue weighted by Crippen LogP contribution is -2.52. The zero-order chi connectivity index (χ0) is 35.5. The van der Waals surface area contributed by atoms with Crippen LogP contribution in [0, 0.1) is 23.7 Å². The van der Waals surface area contributed by atoms with E-state index in [-0.39, 0.29) is 22.8 Å². The summed E-state index contributed by atoms with van der Waals surface area (Å²) in [5.41, 5.74) is 2.10. The molecule has 2 aliphatic carbocycles. The molecule has 1 amide bonds. The predicted octanol–water partition coefficient (Wildman–Crippen LogP) is 5.56. The van der Waals surface area contributed by atoms with Crippen LogP contribution in [0.3, 0.4) is 0 Å². The lowest BCUT2D eigenvalue weighted by atomic mass is 9.63. The number of aryl methyl sites for hydroxylation is 1. The maximum absolute atomic E-state index is 13.3. The van der Waals surface area contributed by atoms with E-state index in [0.717, 1.165) is 68.7 Å². The SMILES string of the molecule is CCCC[C@](O)(C#CCN1CCOCC1)[C@@H]1CC[C@H]1CN1C[C@@]2(CCCc3cc(Cl)ccc32)COc2ccc(C(=O)NS(=O)(=O)C(C)C)cc21. The Hall–Kier alpha value is -2.81. The van der Waals surface area contributed by atoms with Gasteiger partial charge in [-0.1, -0.05) is 42.9 Å². The second kappa shape index (κ2) is 15.4. The number of anilines is 1. The molecule has 272 valence electrons. The predicted molar refractivity (Wildman–Crippen MR) is 197 cm³/mol. The van der Waals surface area contributed by atoms with E-state index < -0.39 is 26.8 Å². The summed E-state index contributed by atoms with van der Waals surface area (Å²) in [6.45, 7) is 10.8. The third kappa shape index (κ3) is 7.98. The minimum Gasteiger partial charge on any atom is -0.490 e. The highest BCUT2D eigenvalue weighted by atomic mass is 35.5. The van der Waals surface area contributed by atoms with Crippen LogP contribution in [-0.4, -0.2) is 87.7 Å². The van der Waals surface area contributed by atoms with E-state index in [0.29, 0.717) is 51.6 Å². The fourth-order valence-corrected chi connectivity index (χ4v) is 8.92. The van der Waals surface area contributed by atoms with Gasteiger partial charge in [0.1, 0.15) is 11.4 Å². The largest absolute Gasteiger partial charge is 0.490 e. The van der Waals surface area contributed by atoms with Gasteiger partial charge in [-0.2, -0.15) is 0 Å². The molecule has 4 atom stereocenters. The number of unbranched alkanes of at least 4 members (excludes halogenated alkanes) is 1. The summed E-state index contributed by atoms with van der Waals surface area (Å²) >= 11 is 6.46. The molecule has 0 radical (unpaired) electrons. The van der Waals surface area contributed by atoms with Gasteiger partial charge in [-0.3, -0.25) is 9.69 Å². The van der Waals surface area contributed by atoms with Crippen LogP contribution in [0.5, 0.6) is 5.75 Å². The van der Waals surface area contributed by atoms with Crippen molar-refractivity contribution in [1.82, 2.24) is 9.62 Å². The molecule has 6 rings (SSSR count). The molecule has 2 heterocycles. The van der Waals surface area contributed by atoms with Crippen molar-refractivity contribution >= 4 is 33.2 Å². The van der Waals surface area contributed by atoms with Gasteiger partial charge < -0.3 is 19.5 Å². The van der Waals surface area contributed by atoms with Gasteiger partial charge in [-0.05, 0) is 106 Å². The van der Waals surface area contributed by atoms with Crippen molar-refractivity contribution in [3.05, 3.63) is 58.1 Å². The fraction of sp³-hybridized carbons (Fsp3) is 0.615. The van der Waals surface area contributed by atoms with Crippen LogP contribution in [-0.2, 0) is 26.6 Å². The van der Waals surface area contributed by atoms with E-state index >= 15 is 0 Å². The monoisotopic (exact) mass is 725 g/mol. The number of hydrogen-bond donors (Lipinski definition) is 2. The first kappa shape index (κ1) is 37.0. The summed E-state index contributed by atoms with van der Waals surface area (Å²) < 4.78 is 39.6. The summed E-state index contributed by atoms with van der Waals surface area (Å²) in [6.07, 6.45) is 7.26. The normalized spacial score (nSPS) is 24.9. The molecule has 11 heteroatoms. The van der Waals surface area contributed by atoms with Gasteiger partial charge in [0.05, 0.1) is 37.3 Å². The molecule has 9 nitrogen and oxygen atoms in total. The first-order chi connectivity index (χ1) is 23.9. The average molecular weight is 726 g/mol. The molecule has 2 aromatic carbocycles. The van der Waals surface area contributed by atoms with Crippen molar-refractivity contribution in [2.24, 2.45) is 11.8 Å². The van der Waals surface area contributed by atoms with Crippen molar-refractivity contribution in [2.75, 3.05) is 57.4 Å². The van der Waals surface area contributed by atoms with E-state index in [1.165, 1.54) is 11.1 Å². The average Bonchev–Trinajstić information content (AvgIpc) is 3.22. The first-order valence-corrected chi connectivity index (χ1v) is 20.2. The Bertz CT molecular complexity index is 1720. The number of carbonyl (C=O) groups excluding carboxylic acids is 1. The van der Waals surface area contributed by atoms with E-state index in [9.17, 15) is 18.3 Å². The number of ether oxygens (including phenoxy) is 2. The minimum atomic E-state index is -3.81. The maximum atomic E-state index is 13.3. The molecule has 2 aromatic rings. The summed E-state index contributed by atoms with van der Waals surface area (Å²) in [4.78, 5) is 17.9. The van der Waals surface area contributed by atoms with Crippen molar-refractivity contribution in [1.29, 1.82) is 0 Å². The van der Waals surface area contributed by atoms with Crippen LogP contribution >= 0.6 is 11.6 Å². The number of nitrogens with one attached hydrogen (secondary N) is 1. The molecule has 2 fully saturated rings. The van der Waals surface area contributed by atoms with Crippen molar-refractivity contribution in [2.45, 2.75) is 88.4 Å². The Morgan fingerprint density at radius 1 is 1.18 bits per heavy atom. The molecule has 50 heavy (non-hydrogen) atoms. The van der Waals surface area contributed by atoms with E-state index in [2.05, 4.69) is 45.4 Å². The van der Waals surface area contributed by atoms with Crippen molar-refractivity contribution in [3.63, 3.8) is 0 Å². The Balaban J connectivity index is 1.33. The van der Waals surface area contributed by atoms with Crippen LogP contribution < -0.4 is 14.4 Å². The number of morpholine rings is 1. The number of fused-ring (bicyclic) bond motifs is 3. The third-order valence-corrected chi connectivity index (χ3v) is 13.2. The quantitative estimate of drug-likeness (QED) is 0.307. The van der Waals surface area contributed by atoms with Crippen LogP contribution in [0.1, 0.15) is 87.2 Å². The van der Waals surface area contributed by atoms with Gasteiger partial charge >= 0.3 is 0 Å². The summed E-state index contributed by atoms with van der Waals surface area (Å²) in [6, 6.07) is 11.4. The number of halogens is 1. The van der Waals surface area contributed by atoms with Crippen LogP contribution in [0.4, 0.5) is 5.69 Å². The zero-order valence-corrected chi connectivity index (χ0v) is 31.3. The highest BCUT2D eigenvalue weighted by Gasteiger charge is 2.48. The summed E-state index contributed by atoms with van der Waals surface area (Å²) in [5, 5.41) is 12.2. The van der Waals surface area contributed by atoms with Crippen LogP contribution in [0.25, 0.3) is 0 Å². The van der Waals surface area contributed by atoms with Gasteiger partial charge in [0.15, 0.2) is 0 Å². The van der Waals surface area contributed by atoms with Crippen LogP contribution in [0.2, 0.25) is 5.02 Å². The lowest BCUT2D eigenvalue weighted by molar-refractivity contribution is -0.0443. The zero-order valence-electron chi connectivity index (χ0n) is 29.7. The second-order valence-electron chi connectivity index (χ2n) is 15.0. The Kier molecular flexibility index (Phi) is 11.4. The highest BCUT2D eigenvalue weighted by molar-refractivity contribution is 7.90. The van der Waals surface area contributed by atoms with E-state index in [1.807, 2.05) is 6.07 Å². The summed E-state index contributed by atoms with van der Waals surface area (Å²) in [7, 11) is -3.81. The van der Waals surface area contributed by atoms with E-state index in [1.54, 1.807) is 32.0 Å². The molecule has 4 aliphatic rings. The van der Waals surface area contributed by atoms with E-state index in [4.69, 9.17) is 21.1 Å². The smallest absolute Gasteiger partial charge is 0.264 e. The number of amides is 1. The molecule has 1 saturated heterocycles. The Labute approximate surface area is 303 Å². The number of nitrogens with zero attached hydrogens (tertiary/aromatic N) is 2. The van der Waals surface area contributed by atoms with Gasteiger partial charge in [0, 0.05) is 48.1 Å². The number of aliphatic hydroxyl groups is 1. The number of rotatable bonds is 10. The molecule has 0 aromatic heterocycles. The minimum absolute atomic E-state index is 0.00919. The lowest BCUT2D eigenvalue weighted by Gasteiger charge is -2.48. The molecular weight excluding hydrogens is 674 g/mol. The van der Waals surface area contributed by atoms with Crippen LogP contribution in [0.15, 0.2) is 36.4 Å². The van der Waals surface area contributed by atoms with Gasteiger partial charge in [0.2, 0.25) is 10.0 Å². The Morgan fingerprint density at radius 3 is 2.70 bits per heavy atom. The third-order valence-electron chi connectivity index (χ3n) is 11.3. The number of sulfonamides is 1. The molecule has 2 N–H and O–H groups in total. The Morgan fingerprint density at radius 2 is 1.98 bits per heavy atom.